The number of aryl methyl sites for hydroxylation is 1. The highest BCUT2D eigenvalue weighted by Gasteiger charge is 1.98. The number of benzene rings is 1. The molecule has 0 amide bonds. The van der Waals surface area contributed by atoms with Crippen molar-refractivity contribution in [2.24, 2.45) is 4.99 Å². The Morgan fingerprint density at radius 1 is 1.10 bits per heavy atom. The van der Waals surface area contributed by atoms with Gasteiger partial charge in [-0.05, 0) is 48.2 Å². The minimum absolute atomic E-state index is 0.726. The van der Waals surface area contributed by atoms with Crippen LogP contribution in [0.25, 0.3) is 0 Å². The van der Waals surface area contributed by atoms with E-state index in [1.165, 1.54) is 16.7 Å². The van der Waals surface area contributed by atoms with Crippen LogP contribution < -0.4 is 10.6 Å². The van der Waals surface area contributed by atoms with Crippen molar-refractivity contribution in [3.63, 3.8) is 0 Å². The van der Waals surface area contributed by atoms with Crippen molar-refractivity contribution in [3.05, 3.63) is 57.8 Å². The normalized spacial score (nSPS) is 11.4. The van der Waals surface area contributed by atoms with Crippen molar-refractivity contribution in [2.75, 3.05) is 13.1 Å². The molecule has 0 fully saturated rings. The second kappa shape index (κ2) is 8.47. The minimum Gasteiger partial charge on any atom is -0.357 e. The van der Waals surface area contributed by atoms with Gasteiger partial charge in [-0.2, -0.15) is 11.3 Å². The fraction of sp³-hybridized carbons (Fsp3) is 0.353. The van der Waals surface area contributed by atoms with Gasteiger partial charge in [0, 0.05) is 13.1 Å². The Kier molecular flexibility index (Phi) is 6.28. The number of thiophene rings is 1. The first-order valence-electron chi connectivity index (χ1n) is 7.36. The molecule has 2 N–H and O–H groups in total. The molecule has 0 aliphatic rings. The van der Waals surface area contributed by atoms with Gasteiger partial charge in [0.05, 0.1) is 6.54 Å². The molecule has 1 aromatic carbocycles. The number of hydrogen-bond donors (Lipinski definition) is 2. The predicted octanol–water partition coefficient (Wildman–Crippen LogP) is 3.35. The highest BCUT2D eigenvalue weighted by molar-refractivity contribution is 7.07. The molecule has 0 unspecified atom stereocenters. The average molecular weight is 301 g/mol. The van der Waals surface area contributed by atoms with Gasteiger partial charge < -0.3 is 10.6 Å². The van der Waals surface area contributed by atoms with Gasteiger partial charge in [0.1, 0.15) is 0 Å². The first-order valence-corrected chi connectivity index (χ1v) is 8.31. The van der Waals surface area contributed by atoms with Crippen LogP contribution in [-0.2, 0) is 13.0 Å². The summed E-state index contributed by atoms with van der Waals surface area (Å²) in [4.78, 5) is 4.60. The smallest absolute Gasteiger partial charge is 0.191 e. The Labute approximate surface area is 131 Å². The molecule has 0 atom stereocenters. The molecule has 0 spiro atoms. The van der Waals surface area contributed by atoms with E-state index in [0.29, 0.717) is 0 Å². The van der Waals surface area contributed by atoms with Gasteiger partial charge >= 0.3 is 0 Å². The summed E-state index contributed by atoms with van der Waals surface area (Å²) in [7, 11) is 0. The van der Waals surface area contributed by atoms with Crippen LogP contribution in [0.5, 0.6) is 0 Å². The van der Waals surface area contributed by atoms with Gasteiger partial charge in [-0.1, -0.05) is 29.8 Å². The second-order valence-corrected chi connectivity index (χ2v) is 5.77. The average Bonchev–Trinajstić information content (AvgIpc) is 3.00. The van der Waals surface area contributed by atoms with Crippen LogP contribution in [0, 0.1) is 6.92 Å². The fourth-order valence-electron chi connectivity index (χ4n) is 1.97. The summed E-state index contributed by atoms with van der Waals surface area (Å²) in [6, 6.07) is 10.8. The van der Waals surface area contributed by atoms with E-state index in [4.69, 9.17) is 0 Å². The molecule has 0 radical (unpaired) electrons. The van der Waals surface area contributed by atoms with E-state index in [-0.39, 0.29) is 0 Å². The van der Waals surface area contributed by atoms with Crippen molar-refractivity contribution in [1.29, 1.82) is 0 Å². The summed E-state index contributed by atoms with van der Waals surface area (Å²) in [6.07, 6.45) is 1.00. The molecule has 4 heteroatoms. The molecular weight excluding hydrogens is 278 g/mol. The lowest BCUT2D eigenvalue weighted by molar-refractivity contribution is 0.800. The lowest BCUT2D eigenvalue weighted by Crippen LogP contribution is -2.38. The van der Waals surface area contributed by atoms with Crippen LogP contribution in [0.3, 0.4) is 0 Å². The van der Waals surface area contributed by atoms with Crippen molar-refractivity contribution >= 4 is 17.3 Å². The summed E-state index contributed by atoms with van der Waals surface area (Å²) in [5.41, 5.74) is 3.91. The zero-order valence-corrected chi connectivity index (χ0v) is 13.5. The van der Waals surface area contributed by atoms with Crippen LogP contribution >= 0.6 is 11.3 Å². The maximum absolute atomic E-state index is 4.60. The molecule has 21 heavy (non-hydrogen) atoms. The van der Waals surface area contributed by atoms with Crippen molar-refractivity contribution in [3.8, 4) is 0 Å². The molecule has 2 aromatic rings. The topological polar surface area (TPSA) is 36.4 Å². The van der Waals surface area contributed by atoms with Gasteiger partial charge in [0.15, 0.2) is 5.96 Å². The highest BCUT2D eigenvalue weighted by Crippen LogP contribution is 2.07. The third-order valence-electron chi connectivity index (χ3n) is 3.17. The summed E-state index contributed by atoms with van der Waals surface area (Å²) >= 11 is 1.71. The number of nitrogens with one attached hydrogen (secondary N) is 2. The first-order chi connectivity index (χ1) is 10.3. The van der Waals surface area contributed by atoms with Gasteiger partial charge in [-0.15, -0.1) is 0 Å². The lowest BCUT2D eigenvalue weighted by atomic mass is 10.1. The Bertz CT molecular complexity index is 544. The molecular formula is C17H23N3S. The quantitative estimate of drug-likeness (QED) is 0.634. The number of nitrogens with zero attached hydrogens (tertiary/aromatic N) is 1. The van der Waals surface area contributed by atoms with E-state index >= 15 is 0 Å². The zero-order valence-electron chi connectivity index (χ0n) is 12.7. The third kappa shape index (κ3) is 5.60. The summed E-state index contributed by atoms with van der Waals surface area (Å²) in [5.74, 6) is 0.885. The van der Waals surface area contributed by atoms with E-state index < -0.39 is 0 Å². The zero-order chi connectivity index (χ0) is 14.9. The van der Waals surface area contributed by atoms with Crippen LogP contribution in [0.15, 0.2) is 46.1 Å². The molecule has 0 aliphatic carbocycles. The summed E-state index contributed by atoms with van der Waals surface area (Å²) in [6.45, 7) is 6.69. The van der Waals surface area contributed by atoms with Crippen molar-refractivity contribution in [1.82, 2.24) is 10.6 Å². The Morgan fingerprint density at radius 2 is 1.90 bits per heavy atom. The molecule has 2 rings (SSSR count). The molecule has 0 saturated heterocycles. The van der Waals surface area contributed by atoms with E-state index in [2.05, 4.69) is 70.6 Å². The Morgan fingerprint density at radius 3 is 2.57 bits per heavy atom. The SMILES string of the molecule is CCNC(=NCc1ccsc1)NCCc1ccc(C)cc1. The lowest BCUT2D eigenvalue weighted by Gasteiger charge is -2.11. The van der Waals surface area contributed by atoms with Crippen LogP contribution in [0.4, 0.5) is 0 Å². The number of aliphatic imine (C=N–C) groups is 1. The fourth-order valence-corrected chi connectivity index (χ4v) is 2.63. The molecule has 1 aromatic heterocycles. The number of hydrogen-bond acceptors (Lipinski definition) is 2. The van der Waals surface area contributed by atoms with Gasteiger partial charge in [0.2, 0.25) is 0 Å². The largest absolute Gasteiger partial charge is 0.357 e. The van der Waals surface area contributed by atoms with Gasteiger partial charge in [-0.25, -0.2) is 4.99 Å². The monoisotopic (exact) mass is 301 g/mol. The standard InChI is InChI=1S/C17H23N3S/c1-3-18-17(20-12-16-9-11-21-13-16)19-10-8-15-6-4-14(2)5-7-15/h4-7,9,11,13H,3,8,10,12H2,1-2H3,(H2,18,19,20). The molecule has 0 bridgehead atoms. The first kappa shape index (κ1) is 15.6. The van der Waals surface area contributed by atoms with Crippen molar-refractivity contribution < 1.29 is 0 Å². The van der Waals surface area contributed by atoms with Crippen LogP contribution in [-0.4, -0.2) is 19.0 Å². The second-order valence-electron chi connectivity index (χ2n) is 4.99. The number of rotatable bonds is 6. The van der Waals surface area contributed by atoms with Crippen LogP contribution in [0.1, 0.15) is 23.6 Å². The Hall–Kier alpha value is -1.81. The molecule has 0 aliphatic heterocycles. The van der Waals surface area contributed by atoms with E-state index in [1.54, 1.807) is 11.3 Å². The maximum atomic E-state index is 4.60. The number of guanidine groups is 1. The molecule has 112 valence electrons. The van der Waals surface area contributed by atoms with E-state index in [1.807, 2.05) is 0 Å². The summed E-state index contributed by atoms with van der Waals surface area (Å²) in [5, 5.41) is 10.9. The Balaban J connectivity index is 1.82. The van der Waals surface area contributed by atoms with Gasteiger partial charge in [-0.3, -0.25) is 0 Å². The maximum Gasteiger partial charge on any atom is 0.191 e. The third-order valence-corrected chi connectivity index (χ3v) is 3.90. The predicted molar refractivity (Wildman–Crippen MR) is 92.0 cm³/mol. The molecule has 1 heterocycles. The van der Waals surface area contributed by atoms with E-state index in [9.17, 15) is 0 Å². The van der Waals surface area contributed by atoms with E-state index in [0.717, 1.165) is 32.0 Å². The van der Waals surface area contributed by atoms with Crippen molar-refractivity contribution in [2.45, 2.75) is 26.8 Å². The summed E-state index contributed by atoms with van der Waals surface area (Å²) < 4.78 is 0. The van der Waals surface area contributed by atoms with Crippen LogP contribution in [0.2, 0.25) is 0 Å². The minimum atomic E-state index is 0.726. The molecule has 3 nitrogen and oxygen atoms in total. The molecule has 0 saturated carbocycles. The van der Waals surface area contributed by atoms with Gasteiger partial charge in [0.25, 0.3) is 0 Å². The highest BCUT2D eigenvalue weighted by atomic mass is 32.1.